The highest BCUT2D eigenvalue weighted by molar-refractivity contribution is 5.81. The van der Waals surface area contributed by atoms with E-state index in [9.17, 15) is 0 Å². The molecule has 0 aliphatic carbocycles. The van der Waals surface area contributed by atoms with E-state index in [1.165, 1.54) is 0 Å². The zero-order valence-corrected chi connectivity index (χ0v) is 6.98. The number of nitrogens with zero attached hydrogens (tertiary/aromatic N) is 2. The van der Waals surface area contributed by atoms with Crippen LogP contribution in [0, 0.1) is 0 Å². The summed E-state index contributed by atoms with van der Waals surface area (Å²) in [7, 11) is 0. The van der Waals surface area contributed by atoms with Crippen LogP contribution in [0.2, 0.25) is 0 Å². The Kier molecular flexibility index (Phi) is 3.31. The lowest BCUT2D eigenvalue weighted by Crippen LogP contribution is -2.39. The molecule has 0 aromatic rings. The topological polar surface area (TPSA) is 82.1 Å². The molecule has 5 heteroatoms. The van der Waals surface area contributed by atoms with E-state index >= 15 is 0 Å². The fraction of sp³-hybridized carbons (Fsp3) is 0.857. The molecule has 0 aromatic heterocycles. The molecule has 0 aromatic carbocycles. The van der Waals surface area contributed by atoms with Crippen LogP contribution in [0.1, 0.15) is 12.8 Å². The molecule has 0 saturated carbocycles. The molecule has 1 aliphatic rings. The maximum Gasteiger partial charge on any atom is 0.153 e. The first kappa shape index (κ1) is 9.28. The van der Waals surface area contributed by atoms with Gasteiger partial charge in [-0.15, -0.1) is 0 Å². The molecule has 5 nitrogen and oxygen atoms in total. The molecule has 1 atom stereocenters. The SMILES string of the molecule is N/C(CN1CCCC1CO)=N\O. The molecule has 0 spiro atoms. The van der Waals surface area contributed by atoms with Gasteiger partial charge >= 0.3 is 0 Å². The van der Waals surface area contributed by atoms with E-state index in [1.54, 1.807) is 0 Å². The van der Waals surface area contributed by atoms with E-state index in [0.717, 1.165) is 19.4 Å². The smallest absolute Gasteiger partial charge is 0.153 e. The van der Waals surface area contributed by atoms with Crippen molar-refractivity contribution >= 4 is 5.84 Å². The van der Waals surface area contributed by atoms with Gasteiger partial charge in [0.1, 0.15) is 0 Å². The van der Waals surface area contributed by atoms with Crippen molar-refractivity contribution in [3.63, 3.8) is 0 Å². The van der Waals surface area contributed by atoms with E-state index in [0.29, 0.717) is 6.54 Å². The third kappa shape index (κ3) is 2.09. The van der Waals surface area contributed by atoms with Crippen molar-refractivity contribution in [2.45, 2.75) is 18.9 Å². The molecule has 1 heterocycles. The van der Waals surface area contributed by atoms with Gasteiger partial charge in [-0.25, -0.2) is 0 Å². The maximum atomic E-state index is 8.94. The number of aliphatic hydroxyl groups is 1. The van der Waals surface area contributed by atoms with Crippen LogP contribution in [0.4, 0.5) is 0 Å². The second-order valence-electron chi connectivity index (χ2n) is 3.04. The lowest BCUT2D eigenvalue weighted by atomic mass is 10.2. The minimum absolute atomic E-state index is 0.151. The van der Waals surface area contributed by atoms with E-state index in [4.69, 9.17) is 16.0 Å². The van der Waals surface area contributed by atoms with Crippen molar-refractivity contribution in [2.75, 3.05) is 19.7 Å². The number of amidine groups is 1. The third-order valence-electron chi connectivity index (χ3n) is 2.20. The van der Waals surface area contributed by atoms with Crippen LogP contribution in [0.25, 0.3) is 0 Å². The Bertz CT molecular complexity index is 172. The molecule has 1 aliphatic heterocycles. The molecule has 1 fully saturated rings. The zero-order valence-electron chi connectivity index (χ0n) is 6.98. The predicted molar refractivity (Wildman–Crippen MR) is 45.1 cm³/mol. The summed E-state index contributed by atoms with van der Waals surface area (Å²) in [6, 6.07) is 0.185. The molecule has 0 radical (unpaired) electrons. The Balaban J connectivity index is 2.40. The monoisotopic (exact) mass is 173 g/mol. The van der Waals surface area contributed by atoms with Gasteiger partial charge in [-0.1, -0.05) is 5.16 Å². The van der Waals surface area contributed by atoms with Crippen molar-refractivity contribution < 1.29 is 10.3 Å². The first-order valence-corrected chi connectivity index (χ1v) is 4.09. The van der Waals surface area contributed by atoms with Crippen molar-refractivity contribution in [1.82, 2.24) is 4.90 Å². The van der Waals surface area contributed by atoms with Crippen LogP contribution in [0.15, 0.2) is 5.16 Å². The summed E-state index contributed by atoms with van der Waals surface area (Å²) in [4.78, 5) is 2.02. The maximum absolute atomic E-state index is 8.94. The fourth-order valence-electron chi connectivity index (χ4n) is 1.55. The van der Waals surface area contributed by atoms with Gasteiger partial charge in [-0.05, 0) is 19.4 Å². The fourth-order valence-corrected chi connectivity index (χ4v) is 1.55. The first-order chi connectivity index (χ1) is 5.77. The van der Waals surface area contributed by atoms with Gasteiger partial charge < -0.3 is 16.0 Å². The standard InChI is InChI=1S/C7H15N3O2/c8-7(9-12)4-10-3-1-2-6(10)5-11/h6,11-12H,1-5H2,(H2,8,9). The molecule has 1 saturated heterocycles. The van der Waals surface area contributed by atoms with Gasteiger partial charge in [0.2, 0.25) is 0 Å². The van der Waals surface area contributed by atoms with E-state index in [1.807, 2.05) is 4.90 Å². The number of nitrogens with two attached hydrogens (primary N) is 1. The Morgan fingerprint density at radius 3 is 3.00 bits per heavy atom. The van der Waals surface area contributed by atoms with Crippen LogP contribution in [0.5, 0.6) is 0 Å². The van der Waals surface area contributed by atoms with Crippen molar-refractivity contribution in [3.05, 3.63) is 0 Å². The highest BCUT2D eigenvalue weighted by Crippen LogP contribution is 2.15. The van der Waals surface area contributed by atoms with Crippen LogP contribution < -0.4 is 5.73 Å². The first-order valence-electron chi connectivity index (χ1n) is 4.09. The number of likely N-dealkylation sites (tertiary alicyclic amines) is 1. The summed E-state index contributed by atoms with van der Waals surface area (Å²) in [6.45, 7) is 1.52. The number of rotatable bonds is 3. The molecule has 0 bridgehead atoms. The molecule has 0 amide bonds. The molecule has 4 N–H and O–H groups in total. The zero-order chi connectivity index (χ0) is 8.97. The Morgan fingerprint density at radius 2 is 2.42 bits per heavy atom. The highest BCUT2D eigenvalue weighted by atomic mass is 16.4. The number of aliphatic hydroxyl groups excluding tert-OH is 1. The predicted octanol–water partition coefficient (Wildman–Crippen LogP) is -0.810. The summed E-state index contributed by atoms with van der Waals surface area (Å²) < 4.78 is 0. The minimum Gasteiger partial charge on any atom is -0.409 e. The summed E-state index contributed by atoms with van der Waals surface area (Å²) >= 11 is 0. The third-order valence-corrected chi connectivity index (χ3v) is 2.20. The Hall–Kier alpha value is -0.810. The molecule has 1 rings (SSSR count). The molecular weight excluding hydrogens is 158 g/mol. The highest BCUT2D eigenvalue weighted by Gasteiger charge is 2.23. The Labute approximate surface area is 71.5 Å². The van der Waals surface area contributed by atoms with Crippen molar-refractivity contribution in [2.24, 2.45) is 10.9 Å². The quantitative estimate of drug-likeness (QED) is 0.225. The van der Waals surface area contributed by atoms with Crippen LogP contribution in [0.3, 0.4) is 0 Å². The average molecular weight is 173 g/mol. The van der Waals surface area contributed by atoms with E-state index < -0.39 is 0 Å². The van der Waals surface area contributed by atoms with Crippen LogP contribution in [-0.2, 0) is 0 Å². The van der Waals surface area contributed by atoms with Gasteiger partial charge in [-0.3, -0.25) is 4.90 Å². The lowest BCUT2D eigenvalue weighted by Gasteiger charge is -2.21. The average Bonchev–Trinajstić information content (AvgIpc) is 2.51. The van der Waals surface area contributed by atoms with Gasteiger partial charge in [-0.2, -0.15) is 0 Å². The van der Waals surface area contributed by atoms with Crippen molar-refractivity contribution in [1.29, 1.82) is 0 Å². The van der Waals surface area contributed by atoms with E-state index in [-0.39, 0.29) is 18.5 Å². The molecule has 1 unspecified atom stereocenters. The molecule has 12 heavy (non-hydrogen) atoms. The van der Waals surface area contributed by atoms with Gasteiger partial charge in [0.25, 0.3) is 0 Å². The second kappa shape index (κ2) is 4.27. The summed E-state index contributed by atoms with van der Waals surface area (Å²) in [5.41, 5.74) is 5.35. The summed E-state index contributed by atoms with van der Waals surface area (Å²) in [6.07, 6.45) is 2.07. The summed E-state index contributed by atoms with van der Waals surface area (Å²) in [5, 5.41) is 20.2. The summed E-state index contributed by atoms with van der Waals surface area (Å²) in [5.74, 6) is 0.204. The van der Waals surface area contributed by atoms with Gasteiger partial charge in [0.05, 0.1) is 13.2 Å². The van der Waals surface area contributed by atoms with Gasteiger partial charge in [0.15, 0.2) is 5.84 Å². The Morgan fingerprint density at radius 1 is 1.67 bits per heavy atom. The largest absolute Gasteiger partial charge is 0.409 e. The number of hydrogen-bond acceptors (Lipinski definition) is 4. The van der Waals surface area contributed by atoms with Crippen LogP contribution >= 0.6 is 0 Å². The number of oxime groups is 1. The van der Waals surface area contributed by atoms with Crippen molar-refractivity contribution in [3.8, 4) is 0 Å². The van der Waals surface area contributed by atoms with Crippen LogP contribution in [-0.4, -0.2) is 46.8 Å². The number of hydrogen-bond donors (Lipinski definition) is 3. The van der Waals surface area contributed by atoms with Gasteiger partial charge in [0, 0.05) is 6.04 Å². The van der Waals surface area contributed by atoms with E-state index in [2.05, 4.69) is 5.16 Å². The second-order valence-corrected chi connectivity index (χ2v) is 3.04. The molecule has 70 valence electrons. The lowest BCUT2D eigenvalue weighted by molar-refractivity contribution is 0.172. The minimum atomic E-state index is 0.151. The molecular formula is C7H15N3O2. The normalized spacial score (nSPS) is 26.4.